The Morgan fingerprint density at radius 1 is 1.30 bits per heavy atom. The lowest BCUT2D eigenvalue weighted by Gasteiger charge is -2.38. The van der Waals surface area contributed by atoms with Crippen LogP contribution in [0.1, 0.15) is 18.9 Å². The van der Waals surface area contributed by atoms with Crippen molar-refractivity contribution in [1.82, 2.24) is 24.8 Å². The van der Waals surface area contributed by atoms with Gasteiger partial charge >= 0.3 is 0 Å². The molecular formula is C17H19ClN6O2S. The first-order valence-electron chi connectivity index (χ1n) is 8.63. The lowest BCUT2D eigenvalue weighted by molar-refractivity contribution is 0.164. The topological polar surface area (TPSA) is 80.3 Å². The van der Waals surface area contributed by atoms with E-state index in [-0.39, 0.29) is 16.6 Å². The summed E-state index contributed by atoms with van der Waals surface area (Å²) in [5.41, 5.74) is 0.404. The first-order chi connectivity index (χ1) is 13.0. The number of aryl methyl sites for hydroxylation is 1. The zero-order valence-corrected chi connectivity index (χ0v) is 16.6. The van der Waals surface area contributed by atoms with Crippen LogP contribution >= 0.6 is 22.9 Å². The molecule has 1 aliphatic heterocycles. The number of rotatable bonds is 4. The maximum absolute atomic E-state index is 12.0. The van der Waals surface area contributed by atoms with E-state index in [1.807, 2.05) is 17.5 Å². The van der Waals surface area contributed by atoms with E-state index in [1.165, 1.54) is 4.68 Å². The highest BCUT2D eigenvalue weighted by atomic mass is 35.5. The molecule has 4 rings (SSSR count). The average molecular weight is 407 g/mol. The van der Waals surface area contributed by atoms with Crippen LogP contribution in [-0.4, -0.2) is 51.0 Å². The highest BCUT2D eigenvalue weighted by Gasteiger charge is 2.27. The van der Waals surface area contributed by atoms with Gasteiger partial charge in [0.15, 0.2) is 0 Å². The molecule has 4 heterocycles. The average Bonchev–Trinajstić information content (AvgIpc) is 3.37. The molecule has 3 aromatic rings. The van der Waals surface area contributed by atoms with Crippen LogP contribution in [-0.2, 0) is 7.05 Å². The van der Waals surface area contributed by atoms with Gasteiger partial charge in [0.05, 0.1) is 22.8 Å². The van der Waals surface area contributed by atoms with Crippen LogP contribution in [0, 0.1) is 0 Å². The van der Waals surface area contributed by atoms with Gasteiger partial charge in [0.25, 0.3) is 5.56 Å². The van der Waals surface area contributed by atoms with Crippen LogP contribution in [0.4, 0.5) is 5.69 Å². The Morgan fingerprint density at radius 2 is 2.07 bits per heavy atom. The molecule has 0 aromatic carbocycles. The van der Waals surface area contributed by atoms with Gasteiger partial charge in [-0.25, -0.2) is 4.68 Å². The molecule has 0 amide bonds. The number of aromatic nitrogens is 4. The predicted octanol–water partition coefficient (Wildman–Crippen LogP) is 2.43. The number of halogens is 1. The van der Waals surface area contributed by atoms with Crippen molar-refractivity contribution in [3.63, 3.8) is 0 Å². The minimum atomic E-state index is -0.281. The first-order valence-corrected chi connectivity index (χ1v) is 9.88. The molecular weight excluding hydrogens is 388 g/mol. The lowest BCUT2D eigenvalue weighted by atomic mass is 10.2. The first kappa shape index (κ1) is 18.1. The highest BCUT2D eigenvalue weighted by molar-refractivity contribution is 7.13. The molecule has 0 saturated carbocycles. The molecule has 0 bridgehead atoms. The van der Waals surface area contributed by atoms with E-state index in [1.54, 1.807) is 24.6 Å². The Kier molecular flexibility index (Phi) is 4.98. The van der Waals surface area contributed by atoms with Crippen molar-refractivity contribution in [1.29, 1.82) is 0 Å². The minimum absolute atomic E-state index is 0.0191. The summed E-state index contributed by atoms with van der Waals surface area (Å²) in [4.78, 5) is 21.9. The molecule has 1 saturated heterocycles. The Balaban J connectivity index is 1.43. The number of hydrogen-bond donors (Lipinski definition) is 0. The second-order valence-electron chi connectivity index (χ2n) is 6.41. The van der Waals surface area contributed by atoms with Crippen LogP contribution in [0.25, 0.3) is 10.7 Å². The molecule has 10 heteroatoms. The molecule has 142 valence electrons. The number of anilines is 1. The van der Waals surface area contributed by atoms with Gasteiger partial charge in [0, 0.05) is 33.2 Å². The largest absolute Gasteiger partial charge is 0.366 e. The summed E-state index contributed by atoms with van der Waals surface area (Å²) in [6.45, 7) is 5.14. The summed E-state index contributed by atoms with van der Waals surface area (Å²) in [7, 11) is 1.59. The third-order valence-corrected chi connectivity index (χ3v) is 6.02. The van der Waals surface area contributed by atoms with Gasteiger partial charge in [0.2, 0.25) is 11.7 Å². The van der Waals surface area contributed by atoms with Crippen LogP contribution < -0.4 is 10.5 Å². The van der Waals surface area contributed by atoms with E-state index in [0.717, 1.165) is 31.1 Å². The second kappa shape index (κ2) is 7.41. The van der Waals surface area contributed by atoms with Gasteiger partial charge in [-0.05, 0) is 18.4 Å². The van der Waals surface area contributed by atoms with Crippen LogP contribution in [0.2, 0.25) is 5.02 Å². The summed E-state index contributed by atoms with van der Waals surface area (Å²) in [5, 5.41) is 10.4. The van der Waals surface area contributed by atoms with Gasteiger partial charge < -0.3 is 9.42 Å². The van der Waals surface area contributed by atoms with Crippen molar-refractivity contribution < 1.29 is 4.52 Å². The molecule has 0 radical (unpaired) electrons. The van der Waals surface area contributed by atoms with Crippen molar-refractivity contribution in [2.75, 3.05) is 31.1 Å². The third kappa shape index (κ3) is 3.50. The molecule has 3 aromatic heterocycles. The Hall–Kier alpha value is -2.23. The van der Waals surface area contributed by atoms with Crippen LogP contribution in [0.15, 0.2) is 33.0 Å². The van der Waals surface area contributed by atoms with Crippen LogP contribution in [0.3, 0.4) is 0 Å². The van der Waals surface area contributed by atoms with Crippen molar-refractivity contribution >= 4 is 28.6 Å². The van der Waals surface area contributed by atoms with Crippen molar-refractivity contribution in [2.24, 2.45) is 7.05 Å². The van der Waals surface area contributed by atoms with Gasteiger partial charge in [-0.3, -0.25) is 9.69 Å². The Bertz CT molecular complexity index is 978. The van der Waals surface area contributed by atoms with Gasteiger partial charge in [-0.2, -0.15) is 10.1 Å². The predicted molar refractivity (Wildman–Crippen MR) is 104 cm³/mol. The maximum Gasteiger partial charge on any atom is 0.287 e. The van der Waals surface area contributed by atoms with Crippen molar-refractivity contribution in [3.8, 4) is 10.7 Å². The van der Waals surface area contributed by atoms with Gasteiger partial charge in [0.1, 0.15) is 5.02 Å². The standard InChI is InChI=1S/C17H19ClN6O2S/c1-11(16-20-15(21-26-16)13-4-3-9-27-13)23-5-7-24(8-6-23)12-10-19-22(2)17(25)14(12)18/h3-4,9-11H,5-8H2,1-2H3. The molecule has 0 aliphatic carbocycles. The zero-order chi connectivity index (χ0) is 19.0. The summed E-state index contributed by atoms with van der Waals surface area (Å²) < 4.78 is 6.72. The smallest absolute Gasteiger partial charge is 0.287 e. The molecule has 1 fully saturated rings. The van der Waals surface area contributed by atoms with E-state index in [2.05, 4.69) is 32.0 Å². The number of hydrogen-bond acceptors (Lipinski definition) is 8. The minimum Gasteiger partial charge on any atom is -0.366 e. The quantitative estimate of drug-likeness (QED) is 0.658. The fourth-order valence-corrected chi connectivity index (χ4v) is 4.08. The van der Waals surface area contributed by atoms with Gasteiger partial charge in [-0.1, -0.05) is 22.8 Å². The molecule has 0 N–H and O–H groups in total. The van der Waals surface area contributed by atoms with Crippen LogP contribution in [0.5, 0.6) is 0 Å². The summed E-state index contributed by atoms with van der Waals surface area (Å²) in [6, 6.07) is 3.96. The SMILES string of the molecule is CC(c1nc(-c2cccs2)no1)N1CCN(c2cnn(C)c(=O)c2Cl)CC1. The highest BCUT2D eigenvalue weighted by Crippen LogP contribution is 2.27. The Morgan fingerprint density at radius 3 is 2.78 bits per heavy atom. The lowest BCUT2D eigenvalue weighted by Crippen LogP contribution is -2.47. The number of piperazine rings is 1. The zero-order valence-electron chi connectivity index (χ0n) is 15.0. The van der Waals surface area contributed by atoms with E-state index in [4.69, 9.17) is 16.1 Å². The van der Waals surface area contributed by atoms with E-state index >= 15 is 0 Å². The fraction of sp³-hybridized carbons (Fsp3) is 0.412. The second-order valence-corrected chi connectivity index (χ2v) is 7.73. The molecule has 1 unspecified atom stereocenters. The molecule has 1 aliphatic rings. The monoisotopic (exact) mass is 406 g/mol. The fourth-order valence-electron chi connectivity index (χ4n) is 3.14. The maximum atomic E-state index is 12.0. The van der Waals surface area contributed by atoms with Gasteiger partial charge in [-0.15, -0.1) is 11.3 Å². The third-order valence-electron chi connectivity index (χ3n) is 4.80. The van der Waals surface area contributed by atoms with Crippen molar-refractivity contribution in [3.05, 3.63) is 45.0 Å². The van der Waals surface area contributed by atoms with E-state index in [9.17, 15) is 4.79 Å². The van der Waals surface area contributed by atoms with E-state index < -0.39 is 0 Å². The van der Waals surface area contributed by atoms with Crippen molar-refractivity contribution in [2.45, 2.75) is 13.0 Å². The molecule has 0 spiro atoms. The molecule has 8 nitrogen and oxygen atoms in total. The summed E-state index contributed by atoms with van der Waals surface area (Å²) >= 11 is 7.80. The van der Waals surface area contributed by atoms with E-state index in [0.29, 0.717) is 17.4 Å². The molecule has 1 atom stereocenters. The number of nitrogens with zero attached hydrogens (tertiary/aromatic N) is 6. The molecule has 27 heavy (non-hydrogen) atoms. The summed E-state index contributed by atoms with van der Waals surface area (Å²) in [6.07, 6.45) is 1.65. The number of thiophene rings is 1. The summed E-state index contributed by atoms with van der Waals surface area (Å²) in [5.74, 6) is 1.24. The normalized spacial score (nSPS) is 16.6. The Labute approximate surface area is 165 Å².